The highest BCUT2D eigenvalue weighted by molar-refractivity contribution is 6.32. The summed E-state index contributed by atoms with van der Waals surface area (Å²) in [4.78, 5) is 0. The molecule has 0 aliphatic rings. The lowest BCUT2D eigenvalue weighted by Crippen LogP contribution is -2.04. The predicted molar refractivity (Wildman–Crippen MR) is 112 cm³/mol. The molecule has 0 aromatic heterocycles. The summed E-state index contributed by atoms with van der Waals surface area (Å²) in [6, 6.07) is 17.3. The summed E-state index contributed by atoms with van der Waals surface area (Å²) in [5.41, 5.74) is 2.72. The van der Waals surface area contributed by atoms with Gasteiger partial charge in [-0.25, -0.2) is 4.39 Å². The van der Waals surface area contributed by atoms with E-state index in [4.69, 9.17) is 32.7 Å². The van der Waals surface area contributed by atoms with E-state index in [0.717, 1.165) is 16.8 Å². The summed E-state index contributed by atoms with van der Waals surface area (Å²) in [5.74, 6) is 0.818. The lowest BCUT2D eigenvalue weighted by Gasteiger charge is -2.16. The zero-order valence-corrected chi connectivity index (χ0v) is 16.9. The van der Waals surface area contributed by atoms with Crippen LogP contribution in [0.1, 0.15) is 18.1 Å². The van der Waals surface area contributed by atoms with Crippen LogP contribution in [-0.4, -0.2) is 6.61 Å². The van der Waals surface area contributed by atoms with Gasteiger partial charge in [0, 0.05) is 17.3 Å². The van der Waals surface area contributed by atoms with Gasteiger partial charge in [-0.15, -0.1) is 0 Å². The van der Waals surface area contributed by atoms with Crippen LogP contribution in [0.3, 0.4) is 0 Å². The third-order valence-corrected chi connectivity index (χ3v) is 4.54. The van der Waals surface area contributed by atoms with Gasteiger partial charge in [0.25, 0.3) is 0 Å². The van der Waals surface area contributed by atoms with Gasteiger partial charge < -0.3 is 14.8 Å². The third kappa shape index (κ3) is 5.54. The quantitative estimate of drug-likeness (QED) is 0.439. The molecular formula is C22H20Cl2FNO2. The van der Waals surface area contributed by atoms with Crippen LogP contribution in [0.5, 0.6) is 11.5 Å². The highest BCUT2D eigenvalue weighted by Gasteiger charge is 2.13. The van der Waals surface area contributed by atoms with Crippen LogP contribution < -0.4 is 14.8 Å². The maximum absolute atomic E-state index is 13.0. The van der Waals surface area contributed by atoms with Crippen LogP contribution >= 0.6 is 23.2 Å². The fraction of sp³-hybridized carbons (Fsp3) is 0.182. The Morgan fingerprint density at radius 2 is 1.61 bits per heavy atom. The molecule has 3 aromatic carbocycles. The number of hydrogen-bond donors (Lipinski definition) is 1. The Hall–Kier alpha value is -2.43. The van der Waals surface area contributed by atoms with E-state index in [2.05, 4.69) is 5.32 Å². The summed E-state index contributed by atoms with van der Waals surface area (Å²) in [7, 11) is 0. The van der Waals surface area contributed by atoms with Crippen molar-refractivity contribution in [1.29, 1.82) is 0 Å². The van der Waals surface area contributed by atoms with E-state index in [0.29, 0.717) is 41.3 Å². The molecule has 0 fully saturated rings. The average Bonchev–Trinajstić information content (AvgIpc) is 2.68. The van der Waals surface area contributed by atoms with Gasteiger partial charge in [0.15, 0.2) is 11.5 Å². The molecule has 3 nitrogen and oxygen atoms in total. The molecule has 6 heteroatoms. The summed E-state index contributed by atoms with van der Waals surface area (Å²) < 4.78 is 24.7. The smallest absolute Gasteiger partial charge is 0.180 e. The van der Waals surface area contributed by atoms with E-state index in [-0.39, 0.29) is 5.82 Å². The van der Waals surface area contributed by atoms with Gasteiger partial charge in [0.05, 0.1) is 11.6 Å². The molecule has 3 aromatic rings. The molecule has 0 heterocycles. The molecule has 0 radical (unpaired) electrons. The molecule has 0 bridgehead atoms. The topological polar surface area (TPSA) is 30.5 Å². The maximum Gasteiger partial charge on any atom is 0.180 e. The molecule has 1 N–H and O–H groups in total. The normalized spacial score (nSPS) is 10.6. The van der Waals surface area contributed by atoms with Crippen LogP contribution in [0.25, 0.3) is 0 Å². The second-order valence-electron chi connectivity index (χ2n) is 6.11. The molecule has 0 spiro atoms. The molecule has 0 aliphatic heterocycles. The molecular weight excluding hydrogens is 400 g/mol. The van der Waals surface area contributed by atoms with Crippen molar-refractivity contribution in [2.45, 2.75) is 20.1 Å². The van der Waals surface area contributed by atoms with Gasteiger partial charge in [0.1, 0.15) is 12.4 Å². The maximum atomic E-state index is 13.0. The van der Waals surface area contributed by atoms with Gasteiger partial charge in [-0.1, -0.05) is 35.3 Å². The lowest BCUT2D eigenvalue weighted by atomic mass is 10.2. The van der Waals surface area contributed by atoms with Crippen LogP contribution in [-0.2, 0) is 13.2 Å². The molecule has 28 heavy (non-hydrogen) atoms. The molecule has 0 aliphatic carbocycles. The van der Waals surface area contributed by atoms with Crippen molar-refractivity contribution in [3.8, 4) is 11.5 Å². The Morgan fingerprint density at radius 1 is 0.893 bits per heavy atom. The number of rotatable bonds is 8. The highest BCUT2D eigenvalue weighted by Crippen LogP contribution is 2.37. The molecule has 0 unspecified atom stereocenters. The minimum Gasteiger partial charge on any atom is -0.490 e. The van der Waals surface area contributed by atoms with Gasteiger partial charge in [0.2, 0.25) is 0 Å². The van der Waals surface area contributed by atoms with E-state index in [9.17, 15) is 4.39 Å². The zero-order chi connectivity index (χ0) is 19.9. The number of halogens is 3. The van der Waals surface area contributed by atoms with Gasteiger partial charge in [-0.05, 0) is 66.6 Å². The number of benzene rings is 3. The molecule has 0 saturated heterocycles. The Balaban J connectivity index is 1.73. The van der Waals surface area contributed by atoms with Gasteiger partial charge in [-0.2, -0.15) is 0 Å². The predicted octanol–water partition coefficient (Wildman–Crippen LogP) is 6.72. The first-order chi connectivity index (χ1) is 13.5. The third-order valence-electron chi connectivity index (χ3n) is 4.01. The van der Waals surface area contributed by atoms with E-state index in [1.54, 1.807) is 12.1 Å². The molecule has 0 amide bonds. The average molecular weight is 420 g/mol. The van der Waals surface area contributed by atoms with Gasteiger partial charge in [-0.3, -0.25) is 0 Å². The molecule has 0 atom stereocenters. The fourth-order valence-electron chi connectivity index (χ4n) is 2.63. The first-order valence-electron chi connectivity index (χ1n) is 8.87. The molecule has 0 saturated carbocycles. The van der Waals surface area contributed by atoms with Crippen molar-refractivity contribution < 1.29 is 13.9 Å². The minimum atomic E-state index is -0.269. The Kier molecular flexibility index (Phi) is 7.01. The summed E-state index contributed by atoms with van der Waals surface area (Å²) >= 11 is 12.4. The number of ether oxygens (including phenoxy) is 2. The first-order valence-corrected chi connectivity index (χ1v) is 9.62. The first kappa shape index (κ1) is 20.3. The van der Waals surface area contributed by atoms with Crippen LogP contribution in [0.2, 0.25) is 10.0 Å². The van der Waals surface area contributed by atoms with Crippen molar-refractivity contribution in [3.05, 3.63) is 87.7 Å². The van der Waals surface area contributed by atoms with Crippen molar-refractivity contribution in [3.63, 3.8) is 0 Å². The Labute approximate surface area is 174 Å². The van der Waals surface area contributed by atoms with E-state index in [1.165, 1.54) is 12.1 Å². The van der Waals surface area contributed by atoms with Crippen LogP contribution in [0, 0.1) is 5.82 Å². The summed E-state index contributed by atoms with van der Waals surface area (Å²) in [5, 5.41) is 4.38. The largest absolute Gasteiger partial charge is 0.490 e. The highest BCUT2D eigenvalue weighted by atomic mass is 35.5. The fourth-order valence-corrected chi connectivity index (χ4v) is 3.05. The molecule has 3 rings (SSSR count). The SMILES string of the molecule is CCOc1cc(CNc2ccc(F)cc2)cc(Cl)c1OCc1ccc(Cl)cc1. The lowest BCUT2D eigenvalue weighted by molar-refractivity contribution is 0.269. The molecule has 146 valence electrons. The second-order valence-corrected chi connectivity index (χ2v) is 6.96. The Morgan fingerprint density at radius 3 is 2.29 bits per heavy atom. The number of hydrogen-bond acceptors (Lipinski definition) is 3. The van der Waals surface area contributed by atoms with Crippen molar-refractivity contribution in [1.82, 2.24) is 0 Å². The number of anilines is 1. The van der Waals surface area contributed by atoms with Crippen molar-refractivity contribution in [2.75, 3.05) is 11.9 Å². The van der Waals surface area contributed by atoms with Crippen molar-refractivity contribution in [2.24, 2.45) is 0 Å². The second kappa shape index (κ2) is 9.67. The summed E-state index contributed by atoms with van der Waals surface area (Å²) in [6.07, 6.45) is 0. The van der Waals surface area contributed by atoms with E-state index in [1.807, 2.05) is 43.3 Å². The number of nitrogens with one attached hydrogen (secondary N) is 1. The minimum absolute atomic E-state index is 0.269. The zero-order valence-electron chi connectivity index (χ0n) is 15.3. The Bertz CT molecular complexity index is 915. The summed E-state index contributed by atoms with van der Waals surface area (Å²) in [6.45, 7) is 3.26. The van der Waals surface area contributed by atoms with Gasteiger partial charge >= 0.3 is 0 Å². The van der Waals surface area contributed by atoms with Crippen LogP contribution in [0.15, 0.2) is 60.7 Å². The standard InChI is InChI=1S/C22H20Cl2FNO2/c1-2-27-21-12-16(13-26-19-9-7-18(25)8-10-19)11-20(24)22(21)28-14-15-3-5-17(23)6-4-15/h3-12,26H,2,13-14H2,1H3. The monoisotopic (exact) mass is 419 g/mol. The van der Waals surface area contributed by atoms with Crippen LogP contribution in [0.4, 0.5) is 10.1 Å². The van der Waals surface area contributed by atoms with E-state index < -0.39 is 0 Å². The van der Waals surface area contributed by atoms with Crippen molar-refractivity contribution >= 4 is 28.9 Å². The van der Waals surface area contributed by atoms with E-state index >= 15 is 0 Å².